The molecule has 0 atom stereocenters. The number of aromatic nitrogens is 1. The van der Waals surface area contributed by atoms with E-state index in [0.717, 1.165) is 6.08 Å². The molecule has 17 heavy (non-hydrogen) atoms. The van der Waals surface area contributed by atoms with Gasteiger partial charge in [0.05, 0.1) is 0 Å². The van der Waals surface area contributed by atoms with Crippen molar-refractivity contribution in [3.8, 4) is 0 Å². The van der Waals surface area contributed by atoms with Gasteiger partial charge in [-0.3, -0.25) is 4.79 Å². The van der Waals surface area contributed by atoms with Crippen LogP contribution in [0.1, 0.15) is 19.4 Å². The molecule has 5 nitrogen and oxygen atoms in total. The van der Waals surface area contributed by atoms with Crippen LogP contribution in [0.4, 0.5) is 5.82 Å². The Morgan fingerprint density at radius 1 is 1.47 bits per heavy atom. The van der Waals surface area contributed by atoms with Crippen molar-refractivity contribution in [1.82, 2.24) is 4.98 Å². The monoisotopic (exact) mass is 234 g/mol. The zero-order chi connectivity index (χ0) is 12.8. The number of nitrogens with zero attached hydrogens (tertiary/aromatic N) is 1. The van der Waals surface area contributed by atoms with Gasteiger partial charge in [-0.15, -0.1) is 0 Å². The van der Waals surface area contributed by atoms with E-state index in [1.807, 2.05) is 0 Å². The predicted molar refractivity (Wildman–Crippen MR) is 64.4 cm³/mol. The van der Waals surface area contributed by atoms with Crippen molar-refractivity contribution in [2.24, 2.45) is 5.92 Å². The third kappa shape index (κ3) is 4.46. The highest BCUT2D eigenvalue weighted by Gasteiger charge is 2.07. The Labute approximate surface area is 99.2 Å². The molecule has 0 bridgehead atoms. The van der Waals surface area contributed by atoms with E-state index < -0.39 is 5.97 Å². The number of carbonyl (C=O) groups is 2. The minimum absolute atomic E-state index is 0.128. The summed E-state index contributed by atoms with van der Waals surface area (Å²) in [5, 5.41) is 11.1. The van der Waals surface area contributed by atoms with Crippen molar-refractivity contribution in [3.63, 3.8) is 0 Å². The van der Waals surface area contributed by atoms with Crippen LogP contribution in [0.25, 0.3) is 6.08 Å². The molecule has 0 aliphatic heterocycles. The second-order valence-electron chi connectivity index (χ2n) is 3.79. The first-order chi connectivity index (χ1) is 7.99. The minimum atomic E-state index is -1.02. The highest BCUT2D eigenvalue weighted by atomic mass is 16.4. The van der Waals surface area contributed by atoms with E-state index in [4.69, 9.17) is 5.11 Å². The first-order valence-corrected chi connectivity index (χ1v) is 5.17. The van der Waals surface area contributed by atoms with Crippen molar-refractivity contribution >= 4 is 23.8 Å². The van der Waals surface area contributed by atoms with Gasteiger partial charge in [-0.05, 0) is 23.8 Å². The first kappa shape index (κ1) is 12.9. The molecule has 0 radical (unpaired) electrons. The number of aliphatic carboxylic acids is 1. The fourth-order valence-electron chi connectivity index (χ4n) is 1.06. The van der Waals surface area contributed by atoms with Gasteiger partial charge in [0.15, 0.2) is 0 Å². The van der Waals surface area contributed by atoms with Gasteiger partial charge in [0.1, 0.15) is 5.82 Å². The molecule has 1 aromatic heterocycles. The summed E-state index contributed by atoms with van der Waals surface area (Å²) < 4.78 is 0. The second kappa shape index (κ2) is 5.79. The fourth-order valence-corrected chi connectivity index (χ4v) is 1.06. The summed E-state index contributed by atoms with van der Waals surface area (Å²) in [5.41, 5.74) is 0.668. The number of rotatable bonds is 4. The van der Waals surface area contributed by atoms with Crippen LogP contribution in [0, 0.1) is 5.92 Å². The van der Waals surface area contributed by atoms with Gasteiger partial charge in [-0.25, -0.2) is 9.78 Å². The lowest BCUT2D eigenvalue weighted by molar-refractivity contribution is -0.131. The molecule has 1 amide bonds. The molecule has 1 rings (SSSR count). The quantitative estimate of drug-likeness (QED) is 0.778. The van der Waals surface area contributed by atoms with Crippen molar-refractivity contribution in [2.45, 2.75) is 13.8 Å². The Kier molecular flexibility index (Phi) is 4.39. The summed E-state index contributed by atoms with van der Waals surface area (Å²) in [4.78, 5) is 25.8. The molecule has 0 aromatic carbocycles. The third-order valence-corrected chi connectivity index (χ3v) is 1.98. The molecule has 0 unspecified atom stereocenters. The Morgan fingerprint density at radius 2 is 2.18 bits per heavy atom. The Hall–Kier alpha value is -2.17. The molecule has 0 saturated carbocycles. The molecule has 0 aliphatic carbocycles. The number of carboxylic acids is 1. The molecular formula is C12H14N2O3. The Morgan fingerprint density at radius 3 is 2.76 bits per heavy atom. The normalized spacial score (nSPS) is 10.8. The van der Waals surface area contributed by atoms with Gasteiger partial charge in [-0.2, -0.15) is 0 Å². The van der Waals surface area contributed by atoms with Gasteiger partial charge < -0.3 is 10.4 Å². The third-order valence-electron chi connectivity index (χ3n) is 1.98. The van der Waals surface area contributed by atoms with Crippen molar-refractivity contribution in [2.75, 3.05) is 5.32 Å². The highest BCUT2D eigenvalue weighted by molar-refractivity contribution is 5.91. The summed E-state index contributed by atoms with van der Waals surface area (Å²) in [6.45, 7) is 3.56. The lowest BCUT2D eigenvalue weighted by Crippen LogP contribution is -2.18. The van der Waals surface area contributed by atoms with E-state index in [-0.39, 0.29) is 11.8 Å². The lowest BCUT2D eigenvalue weighted by atomic mass is 10.2. The molecule has 0 fully saturated rings. The van der Waals surface area contributed by atoms with Crippen molar-refractivity contribution in [1.29, 1.82) is 0 Å². The summed E-state index contributed by atoms with van der Waals surface area (Å²) in [7, 11) is 0. The van der Waals surface area contributed by atoms with Gasteiger partial charge in [0, 0.05) is 18.2 Å². The molecule has 90 valence electrons. The highest BCUT2D eigenvalue weighted by Crippen LogP contribution is 2.09. The number of hydrogen-bond donors (Lipinski definition) is 2. The number of carboxylic acid groups (broad SMARTS) is 1. The number of pyridine rings is 1. The van der Waals surface area contributed by atoms with E-state index in [1.54, 1.807) is 26.0 Å². The summed E-state index contributed by atoms with van der Waals surface area (Å²) in [5.74, 6) is -0.863. The maximum Gasteiger partial charge on any atom is 0.328 e. The van der Waals surface area contributed by atoms with E-state index >= 15 is 0 Å². The number of carbonyl (C=O) groups excluding carboxylic acids is 1. The van der Waals surface area contributed by atoms with Gasteiger partial charge in [0.2, 0.25) is 5.91 Å². The molecule has 5 heteroatoms. The molecule has 0 aliphatic rings. The maximum atomic E-state index is 11.4. The van der Waals surface area contributed by atoms with Crippen LogP contribution in [-0.2, 0) is 9.59 Å². The zero-order valence-corrected chi connectivity index (χ0v) is 9.68. The topological polar surface area (TPSA) is 79.3 Å². The van der Waals surface area contributed by atoms with Gasteiger partial charge in [-0.1, -0.05) is 13.8 Å². The van der Waals surface area contributed by atoms with Crippen LogP contribution in [0.3, 0.4) is 0 Å². The standard InChI is InChI=1S/C12H14N2O3/c1-8(2)12(17)14-10-7-9(5-6-13-10)3-4-11(15)16/h3-8H,1-2H3,(H,15,16)(H,13,14,17)/b4-3+. The van der Waals surface area contributed by atoms with Crippen LogP contribution in [0.15, 0.2) is 24.4 Å². The fraction of sp³-hybridized carbons (Fsp3) is 0.250. The summed E-state index contributed by atoms with van der Waals surface area (Å²) in [6.07, 6.45) is 3.98. The summed E-state index contributed by atoms with van der Waals surface area (Å²) >= 11 is 0. The average molecular weight is 234 g/mol. The van der Waals surface area contributed by atoms with E-state index in [9.17, 15) is 9.59 Å². The van der Waals surface area contributed by atoms with Crippen molar-refractivity contribution < 1.29 is 14.7 Å². The molecule has 1 heterocycles. The van der Waals surface area contributed by atoms with Gasteiger partial charge in [0.25, 0.3) is 0 Å². The molecule has 2 N–H and O–H groups in total. The predicted octanol–water partition coefficient (Wildman–Crippen LogP) is 1.77. The summed E-state index contributed by atoms with van der Waals surface area (Å²) in [6, 6.07) is 3.27. The number of anilines is 1. The first-order valence-electron chi connectivity index (χ1n) is 5.17. The zero-order valence-electron chi connectivity index (χ0n) is 9.68. The van der Waals surface area contributed by atoms with Crippen LogP contribution < -0.4 is 5.32 Å². The largest absolute Gasteiger partial charge is 0.478 e. The number of nitrogens with one attached hydrogen (secondary N) is 1. The van der Waals surface area contributed by atoms with E-state index in [0.29, 0.717) is 11.4 Å². The lowest BCUT2D eigenvalue weighted by Gasteiger charge is -2.06. The Balaban J connectivity index is 2.79. The van der Waals surface area contributed by atoms with E-state index in [2.05, 4.69) is 10.3 Å². The van der Waals surface area contributed by atoms with Crippen LogP contribution in [0.2, 0.25) is 0 Å². The minimum Gasteiger partial charge on any atom is -0.478 e. The van der Waals surface area contributed by atoms with E-state index in [1.165, 1.54) is 12.3 Å². The Bertz CT molecular complexity index is 453. The molecular weight excluding hydrogens is 220 g/mol. The number of hydrogen-bond acceptors (Lipinski definition) is 3. The average Bonchev–Trinajstić information content (AvgIpc) is 2.26. The van der Waals surface area contributed by atoms with Crippen molar-refractivity contribution in [3.05, 3.63) is 30.0 Å². The molecule has 0 saturated heterocycles. The van der Waals surface area contributed by atoms with Gasteiger partial charge >= 0.3 is 5.97 Å². The maximum absolute atomic E-state index is 11.4. The SMILES string of the molecule is CC(C)C(=O)Nc1cc(/C=C/C(=O)O)ccn1. The van der Waals surface area contributed by atoms with Crippen LogP contribution >= 0.6 is 0 Å². The second-order valence-corrected chi connectivity index (χ2v) is 3.79. The molecule has 1 aromatic rings. The number of amides is 1. The smallest absolute Gasteiger partial charge is 0.328 e. The van der Waals surface area contributed by atoms with Crippen LogP contribution in [0.5, 0.6) is 0 Å². The molecule has 0 spiro atoms. The van der Waals surface area contributed by atoms with Crippen LogP contribution in [-0.4, -0.2) is 22.0 Å².